The summed E-state index contributed by atoms with van der Waals surface area (Å²) in [5, 5.41) is 3.46. The number of ether oxygens (including phenoxy) is 1. The number of hydrogen-bond donors (Lipinski definition) is 2. The maximum Gasteiger partial charge on any atom is 0.336 e. The molecule has 0 aliphatic rings. The number of hydrogen-bond acceptors (Lipinski definition) is 5. The summed E-state index contributed by atoms with van der Waals surface area (Å²) in [5.74, 6) is 0.560. The molecule has 30 heavy (non-hydrogen) atoms. The molecule has 2 N–H and O–H groups in total. The molecule has 0 aliphatic carbocycles. The van der Waals surface area contributed by atoms with E-state index in [1.54, 1.807) is 0 Å². The molecule has 7 heteroatoms. The predicted octanol–water partition coefficient (Wildman–Crippen LogP) is 4.34. The number of imidazole rings is 1. The molecule has 4 aromatic rings. The van der Waals surface area contributed by atoms with Gasteiger partial charge in [-0.15, -0.1) is 0 Å². The second-order valence-electron chi connectivity index (χ2n) is 7.27. The van der Waals surface area contributed by atoms with Gasteiger partial charge in [-0.1, -0.05) is 25.5 Å². The first-order valence-electron chi connectivity index (χ1n) is 9.98. The van der Waals surface area contributed by atoms with Crippen LogP contribution in [0.15, 0.2) is 51.7 Å². The van der Waals surface area contributed by atoms with Crippen LogP contribution in [0.25, 0.3) is 22.0 Å². The van der Waals surface area contributed by atoms with Crippen LogP contribution in [-0.4, -0.2) is 22.5 Å². The first-order chi connectivity index (χ1) is 14.5. The molecule has 2 aromatic carbocycles. The van der Waals surface area contributed by atoms with Gasteiger partial charge >= 0.3 is 5.63 Å². The topological polar surface area (TPSA) is 97.2 Å². The number of carbonyl (C=O) groups is 1. The Morgan fingerprint density at radius 2 is 2.07 bits per heavy atom. The van der Waals surface area contributed by atoms with E-state index in [0.717, 1.165) is 46.8 Å². The van der Waals surface area contributed by atoms with Crippen LogP contribution in [0.3, 0.4) is 0 Å². The number of anilines is 1. The first-order valence-corrected chi connectivity index (χ1v) is 9.98. The number of aryl methyl sites for hydroxylation is 2. The fourth-order valence-electron chi connectivity index (χ4n) is 3.47. The number of carbonyl (C=O) groups excluding carboxylic acids is 1. The van der Waals surface area contributed by atoms with Crippen molar-refractivity contribution in [2.24, 2.45) is 0 Å². The van der Waals surface area contributed by atoms with E-state index in [1.165, 1.54) is 6.07 Å². The summed E-state index contributed by atoms with van der Waals surface area (Å²) < 4.78 is 11.2. The Hall–Kier alpha value is -3.61. The summed E-state index contributed by atoms with van der Waals surface area (Å²) in [4.78, 5) is 31.8. The van der Waals surface area contributed by atoms with Gasteiger partial charge in [-0.3, -0.25) is 10.1 Å². The van der Waals surface area contributed by atoms with Crippen LogP contribution in [0.1, 0.15) is 30.9 Å². The Bertz CT molecular complexity index is 1240. The number of aromatic amines is 1. The van der Waals surface area contributed by atoms with E-state index < -0.39 is 0 Å². The van der Waals surface area contributed by atoms with E-state index in [0.29, 0.717) is 17.3 Å². The summed E-state index contributed by atoms with van der Waals surface area (Å²) in [7, 11) is 0. The van der Waals surface area contributed by atoms with Crippen molar-refractivity contribution in [3.05, 3.63) is 64.0 Å². The van der Waals surface area contributed by atoms with Crippen molar-refractivity contribution in [3.63, 3.8) is 0 Å². The lowest BCUT2D eigenvalue weighted by molar-refractivity contribution is -0.118. The molecular weight excluding hydrogens is 382 g/mol. The quantitative estimate of drug-likeness (QED) is 0.446. The van der Waals surface area contributed by atoms with Crippen LogP contribution in [0.4, 0.5) is 5.95 Å². The van der Waals surface area contributed by atoms with Crippen LogP contribution < -0.4 is 15.7 Å². The van der Waals surface area contributed by atoms with E-state index in [4.69, 9.17) is 9.15 Å². The van der Waals surface area contributed by atoms with Crippen molar-refractivity contribution < 1.29 is 13.9 Å². The lowest BCUT2D eigenvalue weighted by Crippen LogP contribution is -2.21. The fraction of sp³-hybridized carbons (Fsp3) is 0.261. The van der Waals surface area contributed by atoms with E-state index in [2.05, 4.69) is 22.2 Å². The van der Waals surface area contributed by atoms with E-state index in [9.17, 15) is 9.59 Å². The van der Waals surface area contributed by atoms with Gasteiger partial charge in [0, 0.05) is 6.07 Å². The number of nitrogens with one attached hydrogen (secondary N) is 2. The van der Waals surface area contributed by atoms with Gasteiger partial charge in [-0.05, 0) is 55.2 Å². The number of nitrogens with zero attached hydrogens (tertiary/aromatic N) is 1. The molecule has 0 bridgehead atoms. The number of fused-ring (bicyclic) bond motifs is 2. The summed E-state index contributed by atoms with van der Waals surface area (Å²) >= 11 is 0. The normalized spacial score (nSPS) is 11.1. The molecule has 0 atom stereocenters. The minimum Gasteiger partial charge on any atom is -0.483 e. The van der Waals surface area contributed by atoms with Crippen molar-refractivity contribution in [2.45, 2.75) is 33.1 Å². The van der Waals surface area contributed by atoms with Crippen molar-refractivity contribution in [3.8, 4) is 5.75 Å². The highest BCUT2D eigenvalue weighted by molar-refractivity contribution is 5.93. The lowest BCUT2D eigenvalue weighted by atomic mass is 10.0. The van der Waals surface area contributed by atoms with Gasteiger partial charge < -0.3 is 14.1 Å². The lowest BCUT2D eigenvalue weighted by Gasteiger charge is -2.13. The monoisotopic (exact) mass is 405 g/mol. The van der Waals surface area contributed by atoms with Crippen LogP contribution in [0.5, 0.6) is 5.75 Å². The average Bonchev–Trinajstić information content (AvgIpc) is 3.11. The molecule has 0 spiro atoms. The van der Waals surface area contributed by atoms with Crippen LogP contribution in [-0.2, 0) is 11.2 Å². The van der Waals surface area contributed by atoms with Gasteiger partial charge in [0.2, 0.25) is 5.95 Å². The number of H-pyrrole nitrogens is 1. The Morgan fingerprint density at radius 3 is 2.87 bits per heavy atom. The number of aromatic nitrogens is 2. The Morgan fingerprint density at radius 1 is 1.23 bits per heavy atom. The Balaban J connectivity index is 1.56. The van der Waals surface area contributed by atoms with Gasteiger partial charge in [0.1, 0.15) is 11.3 Å². The molecule has 0 unspecified atom stereocenters. The molecule has 2 heterocycles. The third-order valence-corrected chi connectivity index (χ3v) is 4.84. The highest BCUT2D eigenvalue weighted by Crippen LogP contribution is 2.30. The van der Waals surface area contributed by atoms with Gasteiger partial charge in [0.15, 0.2) is 6.61 Å². The third kappa shape index (κ3) is 4.20. The average molecular weight is 405 g/mol. The number of rotatable bonds is 7. The molecule has 0 aliphatic heterocycles. The molecule has 0 saturated carbocycles. The number of unbranched alkanes of at least 4 members (excludes halogenated alkanes) is 1. The molecule has 1 amide bonds. The van der Waals surface area contributed by atoms with Crippen LogP contribution >= 0.6 is 0 Å². The molecule has 7 nitrogen and oxygen atoms in total. The standard InChI is InChI=1S/C23H23N3O4/c1-3-4-7-15-12-21(28)30-19-11-14(2)10-18(22(15)19)29-13-20(27)26-23-24-16-8-5-6-9-17(16)25-23/h5-6,8-12H,3-4,7,13H2,1-2H3,(H2,24,25,26,27). The third-order valence-electron chi connectivity index (χ3n) is 4.84. The molecule has 154 valence electrons. The molecule has 0 fully saturated rings. The molecule has 0 saturated heterocycles. The van der Waals surface area contributed by atoms with E-state index in [-0.39, 0.29) is 18.1 Å². The molecular formula is C23H23N3O4. The first kappa shape index (κ1) is 19.7. The van der Waals surface area contributed by atoms with Crippen molar-refractivity contribution in [1.82, 2.24) is 9.97 Å². The van der Waals surface area contributed by atoms with Crippen LogP contribution in [0.2, 0.25) is 0 Å². The van der Waals surface area contributed by atoms with Gasteiger partial charge in [0.05, 0.1) is 16.4 Å². The zero-order valence-corrected chi connectivity index (χ0v) is 17.0. The van der Waals surface area contributed by atoms with Gasteiger partial charge in [0.25, 0.3) is 5.91 Å². The van der Waals surface area contributed by atoms with Gasteiger partial charge in [-0.2, -0.15) is 0 Å². The second-order valence-corrected chi connectivity index (χ2v) is 7.27. The maximum atomic E-state index is 12.4. The van der Waals surface area contributed by atoms with Crippen molar-refractivity contribution in [1.29, 1.82) is 0 Å². The zero-order valence-electron chi connectivity index (χ0n) is 17.0. The van der Waals surface area contributed by atoms with Crippen molar-refractivity contribution >= 4 is 33.9 Å². The maximum absolute atomic E-state index is 12.4. The number of benzene rings is 2. The largest absolute Gasteiger partial charge is 0.483 e. The van der Waals surface area contributed by atoms with Crippen molar-refractivity contribution in [2.75, 3.05) is 11.9 Å². The molecule has 2 aromatic heterocycles. The molecule has 0 radical (unpaired) electrons. The summed E-state index contributed by atoms with van der Waals surface area (Å²) in [6.45, 7) is 3.79. The SMILES string of the molecule is CCCCc1cc(=O)oc2cc(C)cc(OCC(=O)Nc3nc4ccccc4[nH]3)c12. The highest BCUT2D eigenvalue weighted by Gasteiger charge is 2.14. The van der Waals surface area contributed by atoms with E-state index >= 15 is 0 Å². The molecule has 4 rings (SSSR count). The Kier molecular flexibility index (Phi) is 5.52. The van der Waals surface area contributed by atoms with E-state index in [1.807, 2.05) is 43.3 Å². The minimum atomic E-state index is -0.382. The second kappa shape index (κ2) is 8.41. The minimum absolute atomic E-state index is 0.193. The highest BCUT2D eigenvalue weighted by atomic mass is 16.5. The summed E-state index contributed by atoms with van der Waals surface area (Å²) in [5.41, 5.74) is 3.46. The summed E-state index contributed by atoms with van der Waals surface area (Å²) in [6.07, 6.45) is 2.69. The van der Waals surface area contributed by atoms with Gasteiger partial charge in [-0.25, -0.2) is 9.78 Å². The smallest absolute Gasteiger partial charge is 0.336 e. The predicted molar refractivity (Wildman–Crippen MR) is 116 cm³/mol. The fourth-order valence-corrected chi connectivity index (χ4v) is 3.47. The summed E-state index contributed by atoms with van der Waals surface area (Å²) in [6, 6.07) is 12.7. The zero-order chi connectivity index (χ0) is 21.1. The number of amides is 1. The Labute approximate surface area is 173 Å². The number of para-hydroxylation sites is 2. The van der Waals surface area contributed by atoms with Crippen LogP contribution in [0, 0.1) is 6.92 Å².